The third-order valence-corrected chi connectivity index (χ3v) is 4.04. The van der Waals surface area contributed by atoms with Crippen LogP contribution in [0.2, 0.25) is 0 Å². The second-order valence-corrected chi connectivity index (χ2v) is 5.19. The van der Waals surface area contributed by atoms with Crippen LogP contribution in [0.1, 0.15) is 17.3 Å². The molecule has 1 heterocycles. The highest BCUT2D eigenvalue weighted by atomic mass is 32.1. The summed E-state index contributed by atoms with van der Waals surface area (Å²) >= 11 is 1.75. The van der Waals surface area contributed by atoms with Crippen LogP contribution in [0.4, 0.5) is 0 Å². The Morgan fingerprint density at radius 3 is 2.50 bits per heavy atom. The first-order valence-corrected chi connectivity index (χ1v) is 6.71. The fourth-order valence-electron chi connectivity index (χ4n) is 2.10. The van der Waals surface area contributed by atoms with Gasteiger partial charge in [-0.2, -0.15) is 0 Å². The van der Waals surface area contributed by atoms with E-state index in [1.165, 1.54) is 15.6 Å². The van der Waals surface area contributed by atoms with Crippen LogP contribution in [0.3, 0.4) is 0 Å². The number of Topliss-reactive ketones (excluding diaryl/α,β-unsaturated/α-hetero) is 1. The first-order chi connectivity index (χ1) is 8.75. The van der Waals surface area contributed by atoms with Crippen LogP contribution in [0, 0.1) is 0 Å². The minimum atomic E-state index is 0.107. The molecule has 0 N–H and O–H groups in total. The number of hydrogen-bond donors (Lipinski definition) is 0. The van der Waals surface area contributed by atoms with Gasteiger partial charge >= 0.3 is 0 Å². The zero-order valence-electron chi connectivity index (χ0n) is 10.0. The van der Waals surface area contributed by atoms with E-state index in [2.05, 4.69) is 29.6 Å². The average Bonchev–Trinajstić information content (AvgIpc) is 2.87. The lowest BCUT2D eigenvalue weighted by molar-refractivity contribution is 0.101. The topological polar surface area (TPSA) is 17.1 Å². The van der Waals surface area contributed by atoms with Crippen molar-refractivity contribution in [1.82, 2.24) is 0 Å². The summed E-state index contributed by atoms with van der Waals surface area (Å²) in [5.74, 6) is 0.107. The van der Waals surface area contributed by atoms with Crippen molar-refractivity contribution >= 4 is 27.2 Å². The molecule has 3 rings (SSSR count). The van der Waals surface area contributed by atoms with Gasteiger partial charge < -0.3 is 0 Å². The molecule has 0 spiro atoms. The Kier molecular flexibility index (Phi) is 2.73. The van der Waals surface area contributed by atoms with Crippen molar-refractivity contribution in [1.29, 1.82) is 0 Å². The molecule has 0 saturated carbocycles. The van der Waals surface area contributed by atoms with Crippen LogP contribution < -0.4 is 0 Å². The van der Waals surface area contributed by atoms with Gasteiger partial charge in [-0.05, 0) is 34.9 Å². The summed E-state index contributed by atoms with van der Waals surface area (Å²) in [4.78, 5) is 11.3. The smallest absolute Gasteiger partial charge is 0.159 e. The maximum atomic E-state index is 11.3. The van der Waals surface area contributed by atoms with Gasteiger partial charge in [-0.3, -0.25) is 4.79 Å². The van der Waals surface area contributed by atoms with Crippen molar-refractivity contribution < 1.29 is 4.79 Å². The maximum absolute atomic E-state index is 11.3. The van der Waals surface area contributed by atoms with Crippen LogP contribution in [0.25, 0.3) is 21.2 Å². The summed E-state index contributed by atoms with van der Waals surface area (Å²) < 4.78 is 1.30. The predicted octanol–water partition coefficient (Wildman–Crippen LogP) is 4.77. The van der Waals surface area contributed by atoms with Crippen molar-refractivity contribution in [2.24, 2.45) is 0 Å². The molecule has 18 heavy (non-hydrogen) atoms. The van der Waals surface area contributed by atoms with Crippen LogP contribution in [0.5, 0.6) is 0 Å². The highest BCUT2D eigenvalue weighted by Gasteiger charge is 2.05. The summed E-state index contributed by atoms with van der Waals surface area (Å²) in [5, 5.41) is 3.38. The summed E-state index contributed by atoms with van der Waals surface area (Å²) in [5.41, 5.74) is 3.16. The molecule has 0 saturated heterocycles. The predicted molar refractivity (Wildman–Crippen MR) is 77.3 cm³/mol. The van der Waals surface area contributed by atoms with E-state index in [-0.39, 0.29) is 5.78 Å². The Morgan fingerprint density at radius 2 is 1.78 bits per heavy atom. The van der Waals surface area contributed by atoms with E-state index in [1.807, 2.05) is 24.3 Å². The minimum absolute atomic E-state index is 0.107. The van der Waals surface area contributed by atoms with E-state index in [0.29, 0.717) is 0 Å². The normalized spacial score (nSPS) is 10.7. The number of hydrogen-bond acceptors (Lipinski definition) is 2. The average molecular weight is 252 g/mol. The van der Waals surface area contributed by atoms with Gasteiger partial charge in [0.1, 0.15) is 0 Å². The fraction of sp³-hybridized carbons (Fsp3) is 0.0625. The van der Waals surface area contributed by atoms with E-state index >= 15 is 0 Å². The number of thiophene rings is 1. The first kappa shape index (κ1) is 11.2. The third-order valence-electron chi connectivity index (χ3n) is 3.08. The lowest BCUT2D eigenvalue weighted by Crippen LogP contribution is -1.90. The zero-order chi connectivity index (χ0) is 12.5. The van der Waals surface area contributed by atoms with Gasteiger partial charge in [-0.15, -0.1) is 11.3 Å². The van der Waals surface area contributed by atoms with E-state index in [0.717, 1.165) is 11.1 Å². The number of carbonyl (C=O) groups excluding carboxylic acids is 1. The van der Waals surface area contributed by atoms with E-state index in [9.17, 15) is 4.79 Å². The Morgan fingerprint density at radius 1 is 1.00 bits per heavy atom. The molecule has 0 unspecified atom stereocenters. The van der Waals surface area contributed by atoms with Gasteiger partial charge in [0.25, 0.3) is 0 Å². The second-order valence-electron chi connectivity index (χ2n) is 4.28. The van der Waals surface area contributed by atoms with E-state index < -0.39 is 0 Å². The third kappa shape index (κ3) is 1.85. The van der Waals surface area contributed by atoms with Crippen molar-refractivity contribution in [3.63, 3.8) is 0 Å². The second kappa shape index (κ2) is 4.39. The minimum Gasteiger partial charge on any atom is -0.295 e. The maximum Gasteiger partial charge on any atom is 0.159 e. The number of rotatable bonds is 2. The molecule has 0 radical (unpaired) electrons. The summed E-state index contributed by atoms with van der Waals surface area (Å²) in [7, 11) is 0. The molecule has 0 aliphatic rings. The van der Waals surface area contributed by atoms with Gasteiger partial charge in [0.2, 0.25) is 0 Å². The van der Waals surface area contributed by atoms with Gasteiger partial charge in [0.05, 0.1) is 0 Å². The molecule has 2 aromatic carbocycles. The van der Waals surface area contributed by atoms with Crippen molar-refractivity contribution in [3.8, 4) is 11.1 Å². The van der Waals surface area contributed by atoms with Crippen molar-refractivity contribution in [2.45, 2.75) is 6.92 Å². The lowest BCUT2D eigenvalue weighted by atomic mass is 10.0. The van der Waals surface area contributed by atoms with E-state index in [1.54, 1.807) is 18.3 Å². The Balaban J connectivity index is 2.14. The Labute approximate surface area is 110 Å². The Hall–Kier alpha value is -1.93. The number of fused-ring (bicyclic) bond motifs is 1. The molecule has 0 atom stereocenters. The molecule has 0 aliphatic heterocycles. The summed E-state index contributed by atoms with van der Waals surface area (Å²) in [6, 6.07) is 16.3. The Bertz CT molecular complexity index is 707. The molecule has 88 valence electrons. The molecule has 0 aliphatic carbocycles. The van der Waals surface area contributed by atoms with Gasteiger partial charge in [0, 0.05) is 10.3 Å². The van der Waals surface area contributed by atoms with Gasteiger partial charge in [0.15, 0.2) is 5.78 Å². The number of ketones is 1. The molecule has 2 heteroatoms. The quantitative estimate of drug-likeness (QED) is 0.600. The van der Waals surface area contributed by atoms with Gasteiger partial charge in [-0.25, -0.2) is 0 Å². The zero-order valence-corrected chi connectivity index (χ0v) is 10.8. The SMILES string of the molecule is CC(=O)c1ccc(-c2cccc3ccsc23)cc1. The van der Waals surface area contributed by atoms with Crippen LogP contribution in [-0.4, -0.2) is 5.78 Å². The largest absolute Gasteiger partial charge is 0.295 e. The number of benzene rings is 2. The highest BCUT2D eigenvalue weighted by Crippen LogP contribution is 2.32. The molecule has 1 nitrogen and oxygen atoms in total. The van der Waals surface area contributed by atoms with Crippen LogP contribution in [-0.2, 0) is 0 Å². The lowest BCUT2D eigenvalue weighted by Gasteiger charge is -2.04. The van der Waals surface area contributed by atoms with Crippen LogP contribution in [0.15, 0.2) is 53.9 Å². The van der Waals surface area contributed by atoms with Gasteiger partial charge in [-0.1, -0.05) is 42.5 Å². The van der Waals surface area contributed by atoms with Crippen molar-refractivity contribution in [3.05, 3.63) is 59.5 Å². The fourth-order valence-corrected chi connectivity index (χ4v) is 3.04. The molecule has 0 fully saturated rings. The van der Waals surface area contributed by atoms with E-state index in [4.69, 9.17) is 0 Å². The standard InChI is InChI=1S/C16H12OS/c1-11(17)12-5-7-13(8-6-12)15-4-2-3-14-9-10-18-16(14)15/h2-10H,1H3. The first-order valence-electron chi connectivity index (χ1n) is 5.83. The summed E-state index contributed by atoms with van der Waals surface area (Å²) in [6.07, 6.45) is 0. The molecule has 1 aromatic heterocycles. The molecule has 0 amide bonds. The monoisotopic (exact) mass is 252 g/mol. The molecular weight excluding hydrogens is 240 g/mol. The molecular formula is C16H12OS. The highest BCUT2D eigenvalue weighted by molar-refractivity contribution is 7.17. The molecule has 3 aromatic rings. The number of carbonyl (C=O) groups is 1. The summed E-state index contributed by atoms with van der Waals surface area (Å²) in [6.45, 7) is 1.59. The van der Waals surface area contributed by atoms with Crippen molar-refractivity contribution in [2.75, 3.05) is 0 Å². The molecule has 0 bridgehead atoms. The van der Waals surface area contributed by atoms with Crippen LogP contribution >= 0.6 is 11.3 Å².